The maximum atomic E-state index is 13.1. The first kappa shape index (κ1) is 24.1. The number of sulfone groups is 1. The van der Waals surface area contributed by atoms with Crippen molar-refractivity contribution in [1.82, 2.24) is 10.2 Å². The van der Waals surface area contributed by atoms with Crippen LogP contribution in [0.1, 0.15) is 26.2 Å². The average Bonchev–Trinajstić information content (AvgIpc) is 3.33. The third-order valence-corrected chi connectivity index (χ3v) is 8.10. The van der Waals surface area contributed by atoms with Crippen LogP contribution in [0.25, 0.3) is 0 Å². The highest BCUT2D eigenvalue weighted by atomic mass is 35.5. The number of likely N-dealkylation sites (tertiary alicyclic amines) is 1. The molecule has 1 aliphatic heterocycles. The van der Waals surface area contributed by atoms with Gasteiger partial charge in [-0.05, 0) is 38.3 Å². The molecule has 3 rings (SSSR count). The maximum absolute atomic E-state index is 13.1. The van der Waals surface area contributed by atoms with Gasteiger partial charge < -0.3 is 15.0 Å². The lowest BCUT2D eigenvalue weighted by Crippen LogP contribution is -2.47. The molecule has 2 aliphatic rings. The molecule has 1 N–H and O–H groups in total. The van der Waals surface area contributed by atoms with Gasteiger partial charge >= 0.3 is 6.18 Å². The lowest BCUT2D eigenvalue weighted by molar-refractivity contribution is -0.189. The molecule has 1 saturated heterocycles. The third-order valence-electron chi connectivity index (χ3n) is 5.49. The summed E-state index contributed by atoms with van der Waals surface area (Å²) in [7, 11) is -4.14. The lowest BCUT2D eigenvalue weighted by Gasteiger charge is -2.20. The second-order valence-corrected chi connectivity index (χ2v) is 10.4. The summed E-state index contributed by atoms with van der Waals surface area (Å²) < 4.78 is 69.0. The number of halogens is 4. The number of nitrogens with zero attached hydrogens (tertiary/aromatic N) is 2. The molecule has 2 fully saturated rings. The molecular formula is C19H19ClF3N3O5S. The Labute approximate surface area is 187 Å². The van der Waals surface area contributed by atoms with Gasteiger partial charge in [0.15, 0.2) is 15.9 Å². The molecule has 8 nitrogen and oxygen atoms in total. The van der Waals surface area contributed by atoms with Crippen molar-refractivity contribution >= 4 is 33.8 Å². The first-order valence-corrected chi connectivity index (χ1v) is 11.5. The molecule has 2 amide bonds. The second kappa shape index (κ2) is 8.44. The fraction of sp³-hybridized carbons (Fsp3) is 0.526. The zero-order valence-electron chi connectivity index (χ0n) is 16.7. The average molecular weight is 494 g/mol. The molecule has 174 valence electrons. The Hall–Kier alpha value is -2.52. The number of nitrogens with one attached hydrogen (secondary N) is 1. The van der Waals surface area contributed by atoms with Crippen molar-refractivity contribution in [3.8, 4) is 11.8 Å². The van der Waals surface area contributed by atoms with Crippen LogP contribution in [0.3, 0.4) is 0 Å². The first-order valence-electron chi connectivity index (χ1n) is 9.54. The summed E-state index contributed by atoms with van der Waals surface area (Å²) in [6.07, 6.45) is -5.64. The number of hydrogen-bond acceptors (Lipinski definition) is 6. The Balaban J connectivity index is 1.78. The Bertz CT molecular complexity index is 1070. The van der Waals surface area contributed by atoms with Crippen LogP contribution in [-0.4, -0.2) is 61.3 Å². The van der Waals surface area contributed by atoms with E-state index in [9.17, 15) is 31.2 Å². The summed E-state index contributed by atoms with van der Waals surface area (Å²) in [5.74, 6) is -0.881. The van der Waals surface area contributed by atoms with E-state index >= 15 is 0 Å². The fourth-order valence-corrected chi connectivity index (χ4v) is 5.61. The van der Waals surface area contributed by atoms with Gasteiger partial charge in [0.1, 0.15) is 17.3 Å². The first-order chi connectivity index (χ1) is 14.8. The Morgan fingerprint density at radius 3 is 2.59 bits per heavy atom. The number of nitriles is 1. The quantitative estimate of drug-likeness (QED) is 0.582. The van der Waals surface area contributed by atoms with Crippen LogP contribution in [0.15, 0.2) is 23.1 Å². The van der Waals surface area contributed by atoms with E-state index in [0.717, 1.165) is 30.0 Å². The molecule has 1 saturated carbocycles. The molecule has 0 bridgehead atoms. The predicted octanol–water partition coefficient (Wildman–Crippen LogP) is 2.21. The molecule has 0 aromatic heterocycles. The van der Waals surface area contributed by atoms with E-state index in [1.54, 1.807) is 0 Å². The number of benzene rings is 1. The number of alkyl halides is 3. The van der Waals surface area contributed by atoms with Crippen LogP contribution < -0.4 is 10.1 Å². The number of rotatable bonds is 7. The zero-order chi connectivity index (χ0) is 23.9. The van der Waals surface area contributed by atoms with Gasteiger partial charge in [-0.2, -0.15) is 18.4 Å². The molecule has 3 atom stereocenters. The topological polar surface area (TPSA) is 117 Å². The molecule has 0 radical (unpaired) electrons. The van der Waals surface area contributed by atoms with Crippen LogP contribution in [0.5, 0.6) is 5.75 Å². The van der Waals surface area contributed by atoms with E-state index in [1.807, 2.05) is 6.07 Å². The number of amides is 2. The third kappa shape index (κ3) is 4.78. The van der Waals surface area contributed by atoms with Gasteiger partial charge in [-0.25, -0.2) is 8.42 Å². The van der Waals surface area contributed by atoms with Crippen molar-refractivity contribution in [2.75, 3.05) is 6.54 Å². The van der Waals surface area contributed by atoms with Crippen LogP contribution >= 0.6 is 11.6 Å². The van der Waals surface area contributed by atoms with Crippen molar-refractivity contribution < 1.29 is 35.9 Å². The zero-order valence-corrected chi connectivity index (χ0v) is 18.3. The van der Waals surface area contributed by atoms with Crippen LogP contribution in [-0.2, 0) is 19.4 Å². The highest BCUT2D eigenvalue weighted by molar-refractivity contribution is 7.92. The van der Waals surface area contributed by atoms with E-state index in [4.69, 9.17) is 21.6 Å². The molecule has 13 heteroatoms. The Kier molecular flexibility index (Phi) is 6.36. The van der Waals surface area contributed by atoms with Crippen molar-refractivity contribution in [2.45, 2.75) is 60.2 Å². The summed E-state index contributed by atoms with van der Waals surface area (Å²) >= 11 is 6.03. The lowest BCUT2D eigenvalue weighted by atomic mass is 10.2. The smallest absolute Gasteiger partial charge is 0.425 e. The fourth-order valence-electron chi connectivity index (χ4n) is 3.37. The molecule has 1 heterocycles. The number of hydrogen-bond donors (Lipinski definition) is 1. The van der Waals surface area contributed by atoms with Gasteiger partial charge in [-0.3, -0.25) is 9.59 Å². The van der Waals surface area contributed by atoms with E-state index in [2.05, 4.69) is 5.32 Å². The number of carbonyl (C=O) groups is 2. The molecular weight excluding hydrogens is 475 g/mol. The summed E-state index contributed by atoms with van der Waals surface area (Å²) in [6, 6.07) is 3.97. The van der Waals surface area contributed by atoms with E-state index in [1.165, 1.54) is 0 Å². The molecule has 1 unspecified atom stereocenters. The number of carbonyl (C=O) groups excluding carboxylic acids is 2. The Morgan fingerprint density at radius 2 is 2.09 bits per heavy atom. The highest BCUT2D eigenvalue weighted by Gasteiger charge is 2.49. The standard InChI is InChI=1S/C19H19ClF3N3O5S/c1-11(19(21,22)23)31-12-2-3-16(14(20)6-12)32(29,30)13-7-15(26(8-13)10-27)17(28)25-18(9-24)4-5-18/h2-3,6,10-11,13,15H,4-5,7-8H2,1H3,(H,25,28)/t11?,13-,15+/m1/s1. The van der Waals surface area contributed by atoms with Crippen LogP contribution in [0.2, 0.25) is 5.02 Å². The van der Waals surface area contributed by atoms with Gasteiger partial charge in [0, 0.05) is 12.6 Å². The van der Waals surface area contributed by atoms with Gasteiger partial charge in [0.2, 0.25) is 12.3 Å². The minimum absolute atomic E-state index is 0.214. The van der Waals surface area contributed by atoms with Crippen molar-refractivity contribution in [2.24, 2.45) is 0 Å². The van der Waals surface area contributed by atoms with Crippen LogP contribution in [0.4, 0.5) is 13.2 Å². The molecule has 0 spiro atoms. The van der Waals surface area contributed by atoms with E-state index in [-0.39, 0.29) is 28.6 Å². The van der Waals surface area contributed by atoms with Crippen molar-refractivity contribution in [3.63, 3.8) is 0 Å². The van der Waals surface area contributed by atoms with Crippen molar-refractivity contribution in [3.05, 3.63) is 23.2 Å². The van der Waals surface area contributed by atoms with Gasteiger partial charge in [0.05, 0.1) is 21.2 Å². The maximum Gasteiger partial charge on any atom is 0.425 e. The highest BCUT2D eigenvalue weighted by Crippen LogP contribution is 2.37. The monoisotopic (exact) mass is 493 g/mol. The van der Waals surface area contributed by atoms with E-state index in [0.29, 0.717) is 19.3 Å². The molecule has 32 heavy (non-hydrogen) atoms. The van der Waals surface area contributed by atoms with E-state index < -0.39 is 44.9 Å². The normalized spacial score (nSPS) is 23.2. The summed E-state index contributed by atoms with van der Waals surface area (Å²) in [5.41, 5.74) is -0.977. The SMILES string of the molecule is CC(Oc1ccc(S(=O)(=O)[C@@H]2C[C@@H](C(=O)NC3(C#N)CC3)N(C=O)C2)c(Cl)c1)C(F)(F)F. The van der Waals surface area contributed by atoms with Crippen molar-refractivity contribution in [1.29, 1.82) is 5.26 Å². The van der Waals surface area contributed by atoms with Gasteiger partial charge in [-0.1, -0.05) is 11.6 Å². The molecule has 1 aromatic rings. The largest absolute Gasteiger partial charge is 0.481 e. The summed E-state index contributed by atoms with van der Waals surface area (Å²) in [4.78, 5) is 24.7. The Morgan fingerprint density at radius 1 is 1.44 bits per heavy atom. The molecule has 1 aliphatic carbocycles. The summed E-state index contributed by atoms with van der Waals surface area (Å²) in [5, 5.41) is 10.2. The summed E-state index contributed by atoms with van der Waals surface area (Å²) in [6.45, 7) is 0.525. The number of ether oxygens (including phenoxy) is 1. The minimum atomic E-state index is -4.61. The van der Waals surface area contributed by atoms with Gasteiger partial charge in [0.25, 0.3) is 0 Å². The molecule has 1 aromatic carbocycles. The van der Waals surface area contributed by atoms with Crippen LogP contribution in [0, 0.1) is 11.3 Å². The van der Waals surface area contributed by atoms with Gasteiger partial charge in [-0.15, -0.1) is 0 Å². The predicted molar refractivity (Wildman–Crippen MR) is 105 cm³/mol. The minimum Gasteiger partial charge on any atom is -0.481 e. The second-order valence-electron chi connectivity index (χ2n) is 7.80.